The van der Waals surface area contributed by atoms with E-state index in [2.05, 4.69) is 9.59 Å². The molecule has 0 unspecified atom stereocenters. The lowest BCUT2D eigenvalue weighted by Crippen LogP contribution is -1.98. The third kappa shape index (κ3) is 1.74. The van der Waals surface area contributed by atoms with E-state index >= 15 is 0 Å². The monoisotopic (exact) mass is 171 g/mol. The van der Waals surface area contributed by atoms with E-state index in [4.69, 9.17) is 5.11 Å². The van der Waals surface area contributed by atoms with Crippen molar-refractivity contribution in [3.8, 4) is 0 Å². The molecular weight excluding hydrogens is 164 g/mol. The maximum Gasteiger partial charge on any atom is 0.349 e. The van der Waals surface area contributed by atoms with Gasteiger partial charge in [-0.2, -0.15) is 0 Å². The summed E-state index contributed by atoms with van der Waals surface area (Å²) in [7, 11) is 0. The molecule has 0 bridgehead atoms. The fraction of sp³-hybridized carbons (Fsp3) is 0.333. The number of aromatic carboxylic acids is 1. The first kappa shape index (κ1) is 8.13. The first-order chi connectivity index (χ1) is 5.25. The standard InChI is InChI=1S/C6H7N2O2S/c1-2-3-4-5(6(9)10)11-8-7-4/h2H,3H2,1H3,(H,9,10). The average Bonchev–Trinajstić information content (AvgIpc) is 2.36. The maximum atomic E-state index is 10.5. The molecule has 11 heavy (non-hydrogen) atoms. The van der Waals surface area contributed by atoms with Gasteiger partial charge in [0.25, 0.3) is 0 Å². The highest BCUT2D eigenvalue weighted by Gasteiger charge is 2.13. The molecule has 0 atom stereocenters. The molecule has 59 valence electrons. The van der Waals surface area contributed by atoms with Crippen LogP contribution in [-0.4, -0.2) is 20.7 Å². The lowest BCUT2D eigenvalue weighted by molar-refractivity contribution is 0.0701. The third-order valence-electron chi connectivity index (χ3n) is 1.15. The topological polar surface area (TPSA) is 63.1 Å². The van der Waals surface area contributed by atoms with Crippen LogP contribution in [0.4, 0.5) is 0 Å². The fourth-order valence-electron chi connectivity index (χ4n) is 0.698. The van der Waals surface area contributed by atoms with Crippen LogP contribution < -0.4 is 0 Å². The van der Waals surface area contributed by atoms with Crippen molar-refractivity contribution in [3.05, 3.63) is 17.0 Å². The van der Waals surface area contributed by atoms with Gasteiger partial charge in [0.2, 0.25) is 0 Å². The van der Waals surface area contributed by atoms with Crippen molar-refractivity contribution in [1.29, 1.82) is 0 Å². The van der Waals surface area contributed by atoms with Gasteiger partial charge in [-0.3, -0.25) is 0 Å². The first-order valence-corrected chi connectivity index (χ1v) is 3.85. The summed E-state index contributed by atoms with van der Waals surface area (Å²) in [5, 5.41) is 12.3. The van der Waals surface area contributed by atoms with Gasteiger partial charge in [0, 0.05) is 0 Å². The molecule has 1 radical (unpaired) electrons. The van der Waals surface area contributed by atoms with Gasteiger partial charge in [0.05, 0.1) is 5.69 Å². The summed E-state index contributed by atoms with van der Waals surface area (Å²) >= 11 is 0.917. The van der Waals surface area contributed by atoms with Gasteiger partial charge < -0.3 is 5.11 Å². The Morgan fingerprint density at radius 3 is 3.09 bits per heavy atom. The van der Waals surface area contributed by atoms with E-state index in [0.29, 0.717) is 12.1 Å². The van der Waals surface area contributed by atoms with Gasteiger partial charge in [0.1, 0.15) is 0 Å². The van der Waals surface area contributed by atoms with Crippen LogP contribution in [0.15, 0.2) is 0 Å². The smallest absolute Gasteiger partial charge is 0.349 e. The van der Waals surface area contributed by atoms with E-state index < -0.39 is 5.97 Å². The van der Waals surface area contributed by atoms with Crippen molar-refractivity contribution in [2.45, 2.75) is 13.3 Å². The van der Waals surface area contributed by atoms with Crippen molar-refractivity contribution in [2.24, 2.45) is 0 Å². The molecule has 1 aromatic heterocycles. The SMILES string of the molecule is C[CH]Cc1nnsc1C(=O)O. The van der Waals surface area contributed by atoms with Crippen molar-refractivity contribution < 1.29 is 9.90 Å². The minimum Gasteiger partial charge on any atom is -0.477 e. The van der Waals surface area contributed by atoms with E-state index in [1.165, 1.54) is 0 Å². The van der Waals surface area contributed by atoms with Crippen molar-refractivity contribution in [1.82, 2.24) is 9.59 Å². The van der Waals surface area contributed by atoms with Crippen LogP contribution in [0.3, 0.4) is 0 Å². The molecule has 0 aromatic carbocycles. The molecule has 0 aliphatic rings. The van der Waals surface area contributed by atoms with Crippen molar-refractivity contribution >= 4 is 17.5 Å². The van der Waals surface area contributed by atoms with Crippen LogP contribution in [-0.2, 0) is 6.42 Å². The van der Waals surface area contributed by atoms with Crippen LogP contribution in [0, 0.1) is 6.42 Å². The highest BCUT2D eigenvalue weighted by Crippen LogP contribution is 2.11. The Bertz CT molecular complexity index is 259. The average molecular weight is 171 g/mol. The molecule has 0 spiro atoms. The highest BCUT2D eigenvalue weighted by molar-refractivity contribution is 7.07. The number of carbonyl (C=O) groups is 1. The molecule has 5 heteroatoms. The number of hydrogen-bond acceptors (Lipinski definition) is 4. The van der Waals surface area contributed by atoms with Crippen LogP contribution in [0.2, 0.25) is 0 Å². The minimum atomic E-state index is -0.947. The first-order valence-electron chi connectivity index (χ1n) is 3.08. The Kier molecular flexibility index (Phi) is 2.53. The summed E-state index contributed by atoms with van der Waals surface area (Å²) in [6.45, 7) is 1.85. The van der Waals surface area contributed by atoms with E-state index in [1.54, 1.807) is 0 Å². The number of carboxylic acid groups (broad SMARTS) is 1. The summed E-state index contributed by atoms with van der Waals surface area (Å²) in [6, 6.07) is 0. The Balaban J connectivity index is 2.87. The number of carboxylic acids is 1. The van der Waals surface area contributed by atoms with Gasteiger partial charge in [0.15, 0.2) is 4.88 Å². The van der Waals surface area contributed by atoms with E-state index in [0.717, 1.165) is 11.5 Å². The lowest BCUT2D eigenvalue weighted by Gasteiger charge is -1.90. The van der Waals surface area contributed by atoms with Crippen LogP contribution in [0.5, 0.6) is 0 Å². The zero-order valence-corrected chi connectivity index (χ0v) is 6.76. The van der Waals surface area contributed by atoms with Gasteiger partial charge in [-0.1, -0.05) is 11.4 Å². The van der Waals surface area contributed by atoms with Gasteiger partial charge in [-0.05, 0) is 24.4 Å². The molecule has 1 rings (SSSR count). The second kappa shape index (κ2) is 3.43. The summed E-state index contributed by atoms with van der Waals surface area (Å²) in [4.78, 5) is 10.7. The zero-order chi connectivity index (χ0) is 8.27. The molecule has 1 heterocycles. The number of nitrogens with zero attached hydrogens (tertiary/aromatic N) is 2. The molecule has 4 nitrogen and oxygen atoms in total. The Hall–Kier alpha value is -0.970. The zero-order valence-electron chi connectivity index (χ0n) is 5.94. The Labute approximate surface area is 68.0 Å². The molecular formula is C6H7N2O2S. The molecule has 0 saturated carbocycles. The molecule has 0 aliphatic carbocycles. The van der Waals surface area contributed by atoms with Crippen molar-refractivity contribution in [2.75, 3.05) is 0 Å². The summed E-state index contributed by atoms with van der Waals surface area (Å²) in [6.07, 6.45) is 2.42. The summed E-state index contributed by atoms with van der Waals surface area (Å²) < 4.78 is 3.55. The number of hydrogen-bond donors (Lipinski definition) is 1. The van der Waals surface area contributed by atoms with Crippen LogP contribution >= 0.6 is 11.5 Å². The molecule has 0 saturated heterocycles. The third-order valence-corrected chi connectivity index (χ3v) is 1.90. The molecule has 0 amide bonds. The van der Waals surface area contributed by atoms with E-state index in [9.17, 15) is 4.79 Å². The summed E-state index contributed by atoms with van der Waals surface area (Å²) in [5.41, 5.74) is 0.546. The molecule has 1 N–H and O–H groups in total. The normalized spacial score (nSPS) is 9.91. The van der Waals surface area contributed by atoms with E-state index in [-0.39, 0.29) is 4.88 Å². The predicted molar refractivity (Wildman–Crippen MR) is 40.5 cm³/mol. The molecule has 1 aromatic rings. The number of rotatable bonds is 3. The second-order valence-electron chi connectivity index (χ2n) is 1.97. The Morgan fingerprint density at radius 2 is 2.55 bits per heavy atom. The van der Waals surface area contributed by atoms with Crippen LogP contribution in [0.25, 0.3) is 0 Å². The second-order valence-corrected chi connectivity index (χ2v) is 2.72. The maximum absolute atomic E-state index is 10.5. The highest BCUT2D eigenvalue weighted by atomic mass is 32.1. The van der Waals surface area contributed by atoms with Crippen LogP contribution in [0.1, 0.15) is 22.3 Å². The quantitative estimate of drug-likeness (QED) is 0.737. The number of aromatic nitrogens is 2. The molecule has 0 aliphatic heterocycles. The van der Waals surface area contributed by atoms with E-state index in [1.807, 2.05) is 13.3 Å². The van der Waals surface area contributed by atoms with Crippen molar-refractivity contribution in [3.63, 3.8) is 0 Å². The largest absolute Gasteiger partial charge is 0.477 e. The summed E-state index contributed by atoms with van der Waals surface area (Å²) in [5.74, 6) is -0.947. The van der Waals surface area contributed by atoms with Gasteiger partial charge in [-0.15, -0.1) is 5.10 Å². The Morgan fingerprint density at radius 1 is 1.82 bits per heavy atom. The minimum absolute atomic E-state index is 0.239. The predicted octanol–water partition coefficient (Wildman–Crippen LogP) is 1.00. The van der Waals surface area contributed by atoms with Gasteiger partial charge >= 0.3 is 5.97 Å². The fourth-order valence-corrected chi connectivity index (χ4v) is 1.23. The molecule has 0 fully saturated rings. The lowest BCUT2D eigenvalue weighted by atomic mass is 10.2. The van der Waals surface area contributed by atoms with Gasteiger partial charge in [-0.25, -0.2) is 4.79 Å².